The third-order valence-electron chi connectivity index (χ3n) is 3.91. The molecule has 0 radical (unpaired) electrons. The van der Waals surface area contributed by atoms with Crippen LogP contribution in [0.15, 0.2) is 4.52 Å². The number of hydrogen-bond donors (Lipinski definition) is 1. The van der Waals surface area contributed by atoms with Gasteiger partial charge in [0, 0.05) is 12.3 Å². The van der Waals surface area contributed by atoms with E-state index in [4.69, 9.17) is 10.3 Å². The molecule has 0 amide bonds. The molecule has 1 fully saturated rings. The predicted octanol–water partition coefficient (Wildman–Crippen LogP) is 2.75. The molecule has 2 atom stereocenters. The van der Waals surface area contributed by atoms with Crippen molar-refractivity contribution < 1.29 is 4.52 Å². The van der Waals surface area contributed by atoms with Gasteiger partial charge in [0.1, 0.15) is 0 Å². The Morgan fingerprint density at radius 2 is 2.11 bits per heavy atom. The zero-order valence-electron chi connectivity index (χ0n) is 11.9. The molecule has 0 saturated heterocycles. The molecule has 4 heteroatoms. The zero-order valence-corrected chi connectivity index (χ0v) is 11.9. The Hall–Kier alpha value is -0.900. The normalized spacial score (nSPS) is 23.3. The molecule has 0 aromatic carbocycles. The van der Waals surface area contributed by atoms with Crippen LogP contribution in [0.4, 0.5) is 0 Å². The van der Waals surface area contributed by atoms with E-state index in [1.165, 1.54) is 0 Å². The zero-order chi connectivity index (χ0) is 13.3. The van der Waals surface area contributed by atoms with Crippen molar-refractivity contribution in [2.24, 2.45) is 23.0 Å². The van der Waals surface area contributed by atoms with Crippen molar-refractivity contribution in [1.82, 2.24) is 10.1 Å². The Kier molecular flexibility index (Phi) is 3.76. The van der Waals surface area contributed by atoms with E-state index in [1.807, 2.05) is 0 Å². The summed E-state index contributed by atoms with van der Waals surface area (Å²) in [4.78, 5) is 4.53. The van der Waals surface area contributed by atoms with Crippen molar-refractivity contribution in [3.63, 3.8) is 0 Å². The van der Waals surface area contributed by atoms with Crippen LogP contribution < -0.4 is 5.73 Å². The lowest BCUT2D eigenvalue weighted by Gasteiger charge is -2.14. The van der Waals surface area contributed by atoms with E-state index in [0.717, 1.165) is 31.0 Å². The molecule has 1 aliphatic rings. The van der Waals surface area contributed by atoms with Gasteiger partial charge in [0.2, 0.25) is 5.89 Å². The quantitative estimate of drug-likeness (QED) is 0.844. The molecule has 18 heavy (non-hydrogen) atoms. The first-order valence-electron chi connectivity index (χ1n) is 6.95. The second kappa shape index (κ2) is 5.00. The summed E-state index contributed by atoms with van der Waals surface area (Å²) in [5.74, 6) is 3.23. The van der Waals surface area contributed by atoms with Crippen LogP contribution in [0.1, 0.15) is 58.2 Å². The molecule has 2 N–H and O–H groups in total. The molecular weight excluding hydrogens is 226 g/mol. The van der Waals surface area contributed by atoms with Gasteiger partial charge in [-0.05, 0) is 36.6 Å². The Bertz CT molecular complexity index is 397. The minimum atomic E-state index is 0.354. The van der Waals surface area contributed by atoms with Gasteiger partial charge in [-0.3, -0.25) is 0 Å². The fourth-order valence-electron chi connectivity index (χ4n) is 2.58. The van der Waals surface area contributed by atoms with E-state index in [9.17, 15) is 0 Å². The van der Waals surface area contributed by atoms with Crippen LogP contribution >= 0.6 is 0 Å². The Morgan fingerprint density at radius 1 is 1.44 bits per heavy atom. The minimum Gasteiger partial charge on any atom is -0.339 e. The first-order valence-corrected chi connectivity index (χ1v) is 6.95. The van der Waals surface area contributed by atoms with Gasteiger partial charge in [0.05, 0.1) is 0 Å². The summed E-state index contributed by atoms with van der Waals surface area (Å²) in [5.41, 5.74) is 6.15. The van der Waals surface area contributed by atoms with Crippen molar-refractivity contribution in [3.05, 3.63) is 11.7 Å². The van der Waals surface area contributed by atoms with Crippen LogP contribution in [0.5, 0.6) is 0 Å². The molecule has 0 bridgehead atoms. The first-order chi connectivity index (χ1) is 8.42. The maximum atomic E-state index is 5.80. The van der Waals surface area contributed by atoms with E-state index in [1.54, 1.807) is 0 Å². The van der Waals surface area contributed by atoms with Gasteiger partial charge in [0.25, 0.3) is 0 Å². The molecule has 0 spiro atoms. The largest absolute Gasteiger partial charge is 0.339 e. The number of aromatic nitrogens is 2. The smallest absolute Gasteiger partial charge is 0.226 e. The van der Waals surface area contributed by atoms with Crippen molar-refractivity contribution in [3.8, 4) is 0 Å². The maximum absolute atomic E-state index is 5.80. The first kappa shape index (κ1) is 13.5. The number of rotatable bonds is 6. The number of nitrogens with zero attached hydrogens (tertiary/aromatic N) is 2. The summed E-state index contributed by atoms with van der Waals surface area (Å²) in [6.45, 7) is 9.61. The SMILES string of the molecule is CC(C)CC(CN)Cc1nc(C2CC2(C)C)no1. The lowest BCUT2D eigenvalue weighted by Crippen LogP contribution is -2.19. The highest BCUT2D eigenvalue weighted by Gasteiger charge is 2.49. The number of hydrogen-bond acceptors (Lipinski definition) is 4. The van der Waals surface area contributed by atoms with Gasteiger partial charge in [0.15, 0.2) is 5.82 Å². The second-order valence-corrected chi connectivity index (χ2v) is 6.73. The van der Waals surface area contributed by atoms with Crippen molar-refractivity contribution in [2.45, 2.75) is 52.9 Å². The molecule has 1 aromatic rings. The predicted molar refractivity (Wildman–Crippen MR) is 71.1 cm³/mol. The fraction of sp³-hybridized carbons (Fsp3) is 0.857. The molecular formula is C14H25N3O. The lowest BCUT2D eigenvalue weighted by atomic mass is 9.94. The van der Waals surface area contributed by atoms with Crippen molar-refractivity contribution in [1.29, 1.82) is 0 Å². The average Bonchev–Trinajstić information content (AvgIpc) is 2.73. The van der Waals surface area contributed by atoms with Crippen LogP contribution in [0.25, 0.3) is 0 Å². The lowest BCUT2D eigenvalue weighted by molar-refractivity contribution is 0.329. The molecule has 1 aromatic heterocycles. The molecule has 1 saturated carbocycles. The Balaban J connectivity index is 1.94. The summed E-state index contributed by atoms with van der Waals surface area (Å²) in [5, 5.41) is 4.11. The molecule has 2 rings (SSSR count). The van der Waals surface area contributed by atoms with Crippen LogP contribution in [0.3, 0.4) is 0 Å². The molecule has 4 nitrogen and oxygen atoms in total. The highest BCUT2D eigenvalue weighted by atomic mass is 16.5. The second-order valence-electron chi connectivity index (χ2n) is 6.73. The van der Waals surface area contributed by atoms with Crippen LogP contribution in [0, 0.1) is 17.3 Å². The fourth-order valence-corrected chi connectivity index (χ4v) is 2.58. The summed E-state index contributed by atoms with van der Waals surface area (Å²) in [6, 6.07) is 0. The highest BCUT2D eigenvalue weighted by molar-refractivity contribution is 5.14. The van der Waals surface area contributed by atoms with E-state index in [2.05, 4.69) is 37.8 Å². The standard InChI is InChI=1S/C14H25N3O/c1-9(2)5-10(8-15)6-12-16-13(17-18-12)11-7-14(11,3)4/h9-11H,5-8,15H2,1-4H3. The summed E-state index contributed by atoms with van der Waals surface area (Å²) in [7, 11) is 0. The third kappa shape index (κ3) is 3.10. The third-order valence-corrected chi connectivity index (χ3v) is 3.91. The summed E-state index contributed by atoms with van der Waals surface area (Å²) in [6.07, 6.45) is 3.09. The van der Waals surface area contributed by atoms with E-state index in [0.29, 0.717) is 29.7 Å². The molecule has 0 aliphatic heterocycles. The van der Waals surface area contributed by atoms with Crippen LogP contribution in [-0.2, 0) is 6.42 Å². The molecule has 102 valence electrons. The Labute approximate surface area is 109 Å². The highest BCUT2D eigenvalue weighted by Crippen LogP contribution is 2.57. The van der Waals surface area contributed by atoms with E-state index in [-0.39, 0.29) is 0 Å². The molecule has 2 unspecified atom stereocenters. The van der Waals surface area contributed by atoms with Crippen LogP contribution in [-0.4, -0.2) is 16.7 Å². The van der Waals surface area contributed by atoms with Gasteiger partial charge in [-0.2, -0.15) is 4.98 Å². The summed E-state index contributed by atoms with van der Waals surface area (Å²) >= 11 is 0. The molecule has 1 heterocycles. The van der Waals surface area contributed by atoms with Crippen LogP contribution in [0.2, 0.25) is 0 Å². The van der Waals surface area contributed by atoms with Gasteiger partial charge in [-0.15, -0.1) is 0 Å². The maximum Gasteiger partial charge on any atom is 0.226 e. The van der Waals surface area contributed by atoms with E-state index >= 15 is 0 Å². The van der Waals surface area contributed by atoms with Gasteiger partial charge in [-0.25, -0.2) is 0 Å². The topological polar surface area (TPSA) is 64.9 Å². The van der Waals surface area contributed by atoms with Crippen molar-refractivity contribution >= 4 is 0 Å². The van der Waals surface area contributed by atoms with Gasteiger partial charge < -0.3 is 10.3 Å². The monoisotopic (exact) mass is 251 g/mol. The van der Waals surface area contributed by atoms with E-state index < -0.39 is 0 Å². The molecule has 1 aliphatic carbocycles. The number of nitrogens with two attached hydrogens (primary N) is 1. The minimum absolute atomic E-state index is 0.354. The van der Waals surface area contributed by atoms with Gasteiger partial charge >= 0.3 is 0 Å². The van der Waals surface area contributed by atoms with Gasteiger partial charge in [-0.1, -0.05) is 32.9 Å². The summed E-state index contributed by atoms with van der Waals surface area (Å²) < 4.78 is 5.36. The van der Waals surface area contributed by atoms with Crippen molar-refractivity contribution in [2.75, 3.05) is 6.54 Å². The Morgan fingerprint density at radius 3 is 2.61 bits per heavy atom. The average molecular weight is 251 g/mol.